The standard InChI is InChI=1S/C18H28N4O3/c1-6-22(13(4)18(25)19-12(2)3)11-17(24)21-16-9-7-15(8-10-16)20-14(5)23/h7-10,12-13H,6,11H2,1-5H3,(H,19,25)(H,20,23)(H,21,24). The van der Waals surface area contributed by atoms with Gasteiger partial charge in [0.15, 0.2) is 0 Å². The predicted molar refractivity (Wildman–Crippen MR) is 99.4 cm³/mol. The van der Waals surface area contributed by atoms with Crippen LogP contribution in [0.15, 0.2) is 24.3 Å². The number of likely N-dealkylation sites (N-methyl/N-ethyl adjacent to an activating group) is 1. The smallest absolute Gasteiger partial charge is 0.238 e. The van der Waals surface area contributed by atoms with Crippen molar-refractivity contribution in [2.75, 3.05) is 23.7 Å². The molecule has 0 saturated carbocycles. The fraction of sp³-hybridized carbons (Fsp3) is 0.500. The van der Waals surface area contributed by atoms with E-state index in [9.17, 15) is 14.4 Å². The Balaban J connectivity index is 2.61. The normalized spacial score (nSPS) is 12.0. The van der Waals surface area contributed by atoms with Gasteiger partial charge in [0.1, 0.15) is 0 Å². The molecule has 0 heterocycles. The van der Waals surface area contributed by atoms with Crippen molar-refractivity contribution in [3.63, 3.8) is 0 Å². The zero-order valence-electron chi connectivity index (χ0n) is 15.6. The number of amides is 3. The summed E-state index contributed by atoms with van der Waals surface area (Å²) in [6.07, 6.45) is 0. The molecule has 0 aliphatic rings. The Morgan fingerprint density at radius 1 is 1.00 bits per heavy atom. The number of carbonyl (C=O) groups is 3. The lowest BCUT2D eigenvalue weighted by Crippen LogP contribution is -2.49. The first-order valence-corrected chi connectivity index (χ1v) is 8.44. The number of hydrogen-bond donors (Lipinski definition) is 3. The molecule has 0 aromatic heterocycles. The predicted octanol–water partition coefficient (Wildman–Crippen LogP) is 1.82. The Morgan fingerprint density at radius 3 is 1.96 bits per heavy atom. The quantitative estimate of drug-likeness (QED) is 0.668. The van der Waals surface area contributed by atoms with Gasteiger partial charge in [0.2, 0.25) is 17.7 Å². The van der Waals surface area contributed by atoms with Crippen LogP contribution in [0.3, 0.4) is 0 Å². The van der Waals surface area contributed by atoms with Crippen LogP contribution in [-0.2, 0) is 14.4 Å². The topological polar surface area (TPSA) is 90.5 Å². The first kappa shape index (κ1) is 20.6. The zero-order valence-corrected chi connectivity index (χ0v) is 15.6. The van der Waals surface area contributed by atoms with Gasteiger partial charge in [-0.15, -0.1) is 0 Å². The molecular weight excluding hydrogens is 320 g/mol. The summed E-state index contributed by atoms with van der Waals surface area (Å²) in [7, 11) is 0. The number of nitrogens with zero attached hydrogens (tertiary/aromatic N) is 1. The Morgan fingerprint density at radius 2 is 1.52 bits per heavy atom. The van der Waals surface area contributed by atoms with E-state index in [0.717, 1.165) is 0 Å². The van der Waals surface area contributed by atoms with Gasteiger partial charge in [0.25, 0.3) is 0 Å². The molecule has 1 rings (SSSR count). The monoisotopic (exact) mass is 348 g/mol. The summed E-state index contributed by atoms with van der Waals surface area (Å²) in [6, 6.07) is 6.54. The van der Waals surface area contributed by atoms with E-state index >= 15 is 0 Å². The van der Waals surface area contributed by atoms with E-state index in [1.54, 1.807) is 36.1 Å². The average molecular weight is 348 g/mol. The van der Waals surface area contributed by atoms with Gasteiger partial charge < -0.3 is 16.0 Å². The van der Waals surface area contributed by atoms with Crippen LogP contribution in [0.2, 0.25) is 0 Å². The number of nitrogens with one attached hydrogen (secondary N) is 3. The zero-order chi connectivity index (χ0) is 19.0. The van der Waals surface area contributed by atoms with Crippen molar-refractivity contribution in [3.8, 4) is 0 Å². The molecule has 0 spiro atoms. The molecule has 1 aromatic carbocycles. The van der Waals surface area contributed by atoms with Gasteiger partial charge in [-0.1, -0.05) is 6.92 Å². The Labute approximate surface area is 149 Å². The summed E-state index contributed by atoms with van der Waals surface area (Å²) >= 11 is 0. The van der Waals surface area contributed by atoms with Crippen LogP contribution >= 0.6 is 0 Å². The molecule has 1 unspecified atom stereocenters. The minimum Gasteiger partial charge on any atom is -0.353 e. The highest BCUT2D eigenvalue weighted by Gasteiger charge is 2.22. The van der Waals surface area contributed by atoms with Crippen molar-refractivity contribution in [2.24, 2.45) is 0 Å². The Kier molecular flexibility index (Phi) is 8.07. The summed E-state index contributed by atoms with van der Waals surface area (Å²) in [5.41, 5.74) is 1.30. The summed E-state index contributed by atoms with van der Waals surface area (Å²) in [5, 5.41) is 8.32. The van der Waals surface area contributed by atoms with Crippen LogP contribution in [0.5, 0.6) is 0 Å². The third kappa shape index (κ3) is 7.34. The van der Waals surface area contributed by atoms with Crippen molar-refractivity contribution in [1.82, 2.24) is 10.2 Å². The van der Waals surface area contributed by atoms with Gasteiger partial charge >= 0.3 is 0 Å². The number of anilines is 2. The van der Waals surface area contributed by atoms with Crippen molar-refractivity contribution in [2.45, 2.75) is 46.7 Å². The molecular formula is C18H28N4O3. The van der Waals surface area contributed by atoms with E-state index in [1.165, 1.54) is 6.92 Å². The highest BCUT2D eigenvalue weighted by molar-refractivity contribution is 5.93. The van der Waals surface area contributed by atoms with Crippen LogP contribution in [0.1, 0.15) is 34.6 Å². The van der Waals surface area contributed by atoms with Crippen LogP contribution < -0.4 is 16.0 Å². The fourth-order valence-corrected chi connectivity index (χ4v) is 2.32. The first-order chi connectivity index (χ1) is 11.7. The number of carbonyl (C=O) groups excluding carboxylic acids is 3. The van der Waals surface area contributed by atoms with Crippen molar-refractivity contribution >= 4 is 29.1 Å². The van der Waals surface area contributed by atoms with E-state index in [1.807, 2.05) is 20.8 Å². The summed E-state index contributed by atoms with van der Waals surface area (Å²) in [6.45, 7) is 9.64. The molecule has 7 heteroatoms. The molecule has 0 aliphatic carbocycles. The molecule has 138 valence electrons. The third-order valence-electron chi connectivity index (χ3n) is 3.60. The highest BCUT2D eigenvalue weighted by Crippen LogP contribution is 2.13. The van der Waals surface area contributed by atoms with Crippen LogP contribution in [0.25, 0.3) is 0 Å². The maximum absolute atomic E-state index is 12.2. The second-order valence-corrected chi connectivity index (χ2v) is 6.21. The van der Waals surface area contributed by atoms with Gasteiger partial charge in [-0.2, -0.15) is 0 Å². The lowest BCUT2D eigenvalue weighted by molar-refractivity contribution is -0.127. The lowest BCUT2D eigenvalue weighted by atomic mass is 10.2. The summed E-state index contributed by atoms with van der Waals surface area (Å²) in [4.78, 5) is 37.1. The van der Waals surface area contributed by atoms with E-state index in [2.05, 4.69) is 16.0 Å². The highest BCUT2D eigenvalue weighted by atomic mass is 16.2. The number of rotatable bonds is 8. The molecule has 0 fully saturated rings. The van der Waals surface area contributed by atoms with Crippen molar-refractivity contribution < 1.29 is 14.4 Å². The maximum atomic E-state index is 12.2. The van der Waals surface area contributed by atoms with E-state index in [-0.39, 0.29) is 36.3 Å². The van der Waals surface area contributed by atoms with E-state index < -0.39 is 0 Å². The molecule has 3 N–H and O–H groups in total. The molecule has 0 bridgehead atoms. The number of benzene rings is 1. The maximum Gasteiger partial charge on any atom is 0.238 e. The second-order valence-electron chi connectivity index (χ2n) is 6.21. The minimum absolute atomic E-state index is 0.0598. The SMILES string of the molecule is CCN(CC(=O)Nc1ccc(NC(C)=O)cc1)C(C)C(=O)NC(C)C. The molecule has 1 atom stereocenters. The fourth-order valence-electron chi connectivity index (χ4n) is 2.32. The Bertz CT molecular complexity index is 599. The van der Waals surface area contributed by atoms with Crippen LogP contribution in [-0.4, -0.2) is 47.8 Å². The van der Waals surface area contributed by atoms with E-state index in [0.29, 0.717) is 17.9 Å². The van der Waals surface area contributed by atoms with Crippen LogP contribution in [0, 0.1) is 0 Å². The van der Waals surface area contributed by atoms with Gasteiger partial charge in [-0.25, -0.2) is 0 Å². The van der Waals surface area contributed by atoms with Gasteiger partial charge in [-0.05, 0) is 51.6 Å². The first-order valence-electron chi connectivity index (χ1n) is 8.44. The minimum atomic E-state index is -0.389. The molecule has 3 amide bonds. The molecule has 25 heavy (non-hydrogen) atoms. The molecule has 0 saturated heterocycles. The van der Waals surface area contributed by atoms with E-state index in [4.69, 9.17) is 0 Å². The summed E-state index contributed by atoms with van der Waals surface area (Å²) < 4.78 is 0. The molecule has 0 aliphatic heterocycles. The van der Waals surface area contributed by atoms with Crippen molar-refractivity contribution in [1.29, 1.82) is 0 Å². The molecule has 0 radical (unpaired) electrons. The molecule has 7 nitrogen and oxygen atoms in total. The Hall–Kier alpha value is -2.41. The third-order valence-corrected chi connectivity index (χ3v) is 3.60. The second kappa shape index (κ2) is 9.78. The average Bonchev–Trinajstić information content (AvgIpc) is 2.52. The van der Waals surface area contributed by atoms with Gasteiger partial charge in [0, 0.05) is 24.3 Å². The van der Waals surface area contributed by atoms with Gasteiger partial charge in [-0.3, -0.25) is 19.3 Å². The molecule has 1 aromatic rings. The van der Waals surface area contributed by atoms with Crippen molar-refractivity contribution in [3.05, 3.63) is 24.3 Å². The lowest BCUT2D eigenvalue weighted by Gasteiger charge is -2.27. The largest absolute Gasteiger partial charge is 0.353 e. The number of hydrogen-bond acceptors (Lipinski definition) is 4. The van der Waals surface area contributed by atoms with Gasteiger partial charge in [0.05, 0.1) is 12.6 Å². The summed E-state index contributed by atoms with van der Waals surface area (Å²) in [5.74, 6) is -0.438. The van der Waals surface area contributed by atoms with Crippen LogP contribution in [0.4, 0.5) is 11.4 Å².